The van der Waals surface area contributed by atoms with Gasteiger partial charge in [0, 0.05) is 5.56 Å². The highest BCUT2D eigenvalue weighted by atomic mass is 16.5. The van der Waals surface area contributed by atoms with Crippen LogP contribution in [0.1, 0.15) is 22.3 Å². The SMILES string of the molecule is COc1ccc(C)cc1C(=C=Nc1cccc(C)c1)c1ccccc1. The summed E-state index contributed by atoms with van der Waals surface area (Å²) in [6.07, 6.45) is 0. The van der Waals surface area contributed by atoms with Crippen molar-refractivity contribution in [3.05, 3.63) is 95.1 Å². The molecule has 124 valence electrons. The Bertz CT molecular complexity index is 935. The molecule has 3 aromatic carbocycles. The predicted molar refractivity (Wildman–Crippen MR) is 105 cm³/mol. The van der Waals surface area contributed by atoms with E-state index in [1.54, 1.807) is 7.11 Å². The van der Waals surface area contributed by atoms with Gasteiger partial charge in [-0.2, -0.15) is 0 Å². The maximum Gasteiger partial charge on any atom is 0.127 e. The molecule has 0 aliphatic rings. The van der Waals surface area contributed by atoms with E-state index >= 15 is 0 Å². The number of rotatable bonds is 4. The first kappa shape index (κ1) is 16.8. The highest BCUT2D eigenvalue weighted by molar-refractivity contribution is 6.01. The van der Waals surface area contributed by atoms with Crippen LogP contribution in [0.15, 0.2) is 77.8 Å². The van der Waals surface area contributed by atoms with Gasteiger partial charge in [-0.1, -0.05) is 54.1 Å². The van der Waals surface area contributed by atoms with Gasteiger partial charge in [0.1, 0.15) is 5.75 Å². The van der Waals surface area contributed by atoms with Gasteiger partial charge in [-0.15, -0.1) is 0 Å². The van der Waals surface area contributed by atoms with E-state index in [1.165, 1.54) is 11.1 Å². The molecule has 0 unspecified atom stereocenters. The van der Waals surface area contributed by atoms with Crippen molar-refractivity contribution >= 4 is 17.1 Å². The molecule has 0 amide bonds. The smallest absolute Gasteiger partial charge is 0.127 e. The number of methoxy groups -OCH3 is 1. The zero-order chi connectivity index (χ0) is 17.6. The van der Waals surface area contributed by atoms with Crippen molar-refractivity contribution < 1.29 is 4.74 Å². The zero-order valence-corrected chi connectivity index (χ0v) is 14.8. The lowest BCUT2D eigenvalue weighted by Crippen LogP contribution is -1.95. The van der Waals surface area contributed by atoms with E-state index in [0.29, 0.717) is 0 Å². The first-order chi connectivity index (χ1) is 12.2. The fourth-order valence-electron chi connectivity index (χ4n) is 2.72. The topological polar surface area (TPSA) is 21.6 Å². The number of ether oxygens (including phenoxy) is 1. The molecule has 2 heteroatoms. The van der Waals surface area contributed by atoms with Gasteiger partial charge >= 0.3 is 0 Å². The van der Waals surface area contributed by atoms with E-state index in [0.717, 1.165) is 28.1 Å². The Morgan fingerprint density at radius 3 is 2.32 bits per heavy atom. The average Bonchev–Trinajstić information content (AvgIpc) is 2.63. The molecule has 3 rings (SSSR count). The molecule has 0 heterocycles. The van der Waals surface area contributed by atoms with Gasteiger partial charge in [0.15, 0.2) is 0 Å². The first-order valence-corrected chi connectivity index (χ1v) is 8.28. The normalized spacial score (nSPS) is 10.0. The third-order valence-corrected chi connectivity index (χ3v) is 3.99. The van der Waals surface area contributed by atoms with Gasteiger partial charge < -0.3 is 4.74 Å². The molecule has 3 aromatic rings. The van der Waals surface area contributed by atoms with Crippen molar-refractivity contribution in [1.82, 2.24) is 0 Å². The molecule has 0 aliphatic heterocycles. The lowest BCUT2D eigenvalue weighted by atomic mass is 9.97. The van der Waals surface area contributed by atoms with Crippen molar-refractivity contribution in [3.8, 4) is 5.75 Å². The van der Waals surface area contributed by atoms with Crippen LogP contribution in [0.4, 0.5) is 5.69 Å². The Morgan fingerprint density at radius 2 is 1.60 bits per heavy atom. The van der Waals surface area contributed by atoms with Gasteiger partial charge in [0.2, 0.25) is 0 Å². The molecule has 25 heavy (non-hydrogen) atoms. The van der Waals surface area contributed by atoms with Crippen LogP contribution in [0.25, 0.3) is 5.57 Å². The lowest BCUT2D eigenvalue weighted by Gasteiger charge is -2.11. The Labute approximate surface area is 149 Å². The maximum atomic E-state index is 5.57. The molecule has 0 fully saturated rings. The summed E-state index contributed by atoms with van der Waals surface area (Å²) in [5.41, 5.74) is 6.20. The van der Waals surface area contributed by atoms with Gasteiger partial charge in [0.05, 0.1) is 18.4 Å². The molecule has 2 nitrogen and oxygen atoms in total. The summed E-state index contributed by atoms with van der Waals surface area (Å²) in [5, 5.41) is 0. The molecule has 0 N–H and O–H groups in total. The van der Waals surface area contributed by atoms with Crippen LogP contribution >= 0.6 is 0 Å². The summed E-state index contributed by atoms with van der Waals surface area (Å²) < 4.78 is 5.57. The van der Waals surface area contributed by atoms with Crippen molar-refractivity contribution in [2.45, 2.75) is 13.8 Å². The quantitative estimate of drug-likeness (QED) is 0.559. The van der Waals surface area contributed by atoms with E-state index < -0.39 is 0 Å². The number of nitrogens with zero attached hydrogens (tertiary/aromatic N) is 1. The van der Waals surface area contributed by atoms with Crippen molar-refractivity contribution in [1.29, 1.82) is 0 Å². The van der Waals surface area contributed by atoms with Crippen LogP contribution in [0.3, 0.4) is 0 Å². The van der Waals surface area contributed by atoms with Crippen LogP contribution in [-0.2, 0) is 0 Å². The van der Waals surface area contributed by atoms with E-state index in [4.69, 9.17) is 4.74 Å². The fraction of sp³-hybridized carbons (Fsp3) is 0.130. The monoisotopic (exact) mass is 327 g/mol. The first-order valence-electron chi connectivity index (χ1n) is 8.28. The van der Waals surface area contributed by atoms with E-state index in [9.17, 15) is 0 Å². The number of aryl methyl sites for hydroxylation is 2. The molecular weight excluding hydrogens is 306 g/mol. The second kappa shape index (κ2) is 7.65. The fourth-order valence-corrected chi connectivity index (χ4v) is 2.72. The van der Waals surface area contributed by atoms with Crippen LogP contribution in [0.2, 0.25) is 0 Å². The Balaban J connectivity index is 2.21. The lowest BCUT2D eigenvalue weighted by molar-refractivity contribution is 0.413. The number of aliphatic imine (C=N–C) groups is 1. The number of hydrogen-bond acceptors (Lipinski definition) is 2. The standard InChI is InChI=1S/C23H21NO/c1-17-8-7-11-20(14-17)24-16-22(19-9-5-4-6-10-19)21-15-18(2)12-13-23(21)25-3/h4-15H,1-3H3. The van der Waals surface area contributed by atoms with Crippen molar-refractivity contribution in [2.75, 3.05) is 7.11 Å². The predicted octanol–water partition coefficient (Wildman–Crippen LogP) is 5.75. The Hall–Kier alpha value is -3.09. The third-order valence-electron chi connectivity index (χ3n) is 3.99. The summed E-state index contributed by atoms with van der Waals surface area (Å²) in [7, 11) is 1.69. The van der Waals surface area contributed by atoms with E-state index in [-0.39, 0.29) is 0 Å². The van der Waals surface area contributed by atoms with Crippen LogP contribution in [-0.4, -0.2) is 13.0 Å². The average molecular weight is 327 g/mol. The molecule has 0 aliphatic carbocycles. The minimum absolute atomic E-state index is 0.816. The second-order valence-electron chi connectivity index (χ2n) is 6.01. The molecular formula is C23H21NO. The van der Waals surface area contributed by atoms with Gasteiger partial charge in [-0.05, 0) is 55.1 Å². The molecule has 0 saturated carbocycles. The summed E-state index contributed by atoms with van der Waals surface area (Å²) in [4.78, 5) is 4.58. The van der Waals surface area contributed by atoms with Crippen LogP contribution in [0, 0.1) is 13.8 Å². The van der Waals surface area contributed by atoms with Crippen molar-refractivity contribution in [3.63, 3.8) is 0 Å². The van der Waals surface area contributed by atoms with Crippen molar-refractivity contribution in [2.24, 2.45) is 4.99 Å². The second-order valence-corrected chi connectivity index (χ2v) is 6.01. The van der Waals surface area contributed by atoms with Crippen LogP contribution in [0.5, 0.6) is 5.75 Å². The highest BCUT2D eigenvalue weighted by Gasteiger charge is 2.11. The molecule has 0 bridgehead atoms. The maximum absolute atomic E-state index is 5.57. The minimum Gasteiger partial charge on any atom is -0.496 e. The summed E-state index contributed by atoms with van der Waals surface area (Å²) in [6.45, 7) is 4.13. The van der Waals surface area contributed by atoms with E-state index in [1.807, 2.05) is 48.5 Å². The number of benzene rings is 3. The molecule has 0 spiro atoms. The van der Waals surface area contributed by atoms with Gasteiger partial charge in [-0.25, -0.2) is 4.99 Å². The van der Waals surface area contributed by atoms with E-state index in [2.05, 4.69) is 49.0 Å². The summed E-state index contributed by atoms with van der Waals surface area (Å²) in [5.74, 6) is 4.08. The van der Waals surface area contributed by atoms with Crippen LogP contribution < -0.4 is 4.74 Å². The highest BCUT2D eigenvalue weighted by Crippen LogP contribution is 2.30. The Kier molecular flexibility index (Phi) is 5.13. The molecule has 0 saturated heterocycles. The minimum atomic E-state index is 0.816. The zero-order valence-electron chi connectivity index (χ0n) is 14.8. The largest absolute Gasteiger partial charge is 0.496 e. The summed E-state index contributed by atoms with van der Waals surface area (Å²) >= 11 is 0. The molecule has 0 radical (unpaired) electrons. The molecule has 0 atom stereocenters. The summed E-state index contributed by atoms with van der Waals surface area (Å²) in [6, 6.07) is 24.4. The Morgan fingerprint density at radius 1 is 0.840 bits per heavy atom. The van der Waals surface area contributed by atoms with Gasteiger partial charge in [-0.3, -0.25) is 0 Å². The number of hydrogen-bond donors (Lipinski definition) is 0. The third kappa shape index (κ3) is 4.06. The molecule has 0 aromatic heterocycles. The van der Waals surface area contributed by atoms with Gasteiger partial charge in [0.25, 0.3) is 0 Å².